The number of hydrogen-bond acceptors (Lipinski definition) is 6. The van der Waals surface area contributed by atoms with Crippen molar-refractivity contribution in [1.29, 1.82) is 0 Å². The number of amides is 1. The molecule has 8 heteroatoms. The average Bonchev–Trinajstić information content (AvgIpc) is 3.25. The second kappa shape index (κ2) is 7.24. The van der Waals surface area contributed by atoms with E-state index < -0.39 is 24.3 Å². The Morgan fingerprint density at radius 2 is 1.86 bits per heavy atom. The summed E-state index contributed by atoms with van der Waals surface area (Å²) in [4.78, 5) is 24.2. The van der Waals surface area contributed by atoms with Gasteiger partial charge in [-0.3, -0.25) is 4.79 Å². The van der Waals surface area contributed by atoms with E-state index in [1.54, 1.807) is 18.2 Å². The summed E-state index contributed by atoms with van der Waals surface area (Å²) in [5.74, 6) is -0.456. The van der Waals surface area contributed by atoms with Crippen LogP contribution in [0.25, 0.3) is 0 Å². The van der Waals surface area contributed by atoms with E-state index in [9.17, 15) is 9.59 Å². The number of ether oxygens (including phenoxy) is 3. The molecule has 3 N–H and O–H groups in total. The molecule has 28 heavy (non-hydrogen) atoms. The van der Waals surface area contributed by atoms with E-state index >= 15 is 0 Å². The van der Waals surface area contributed by atoms with E-state index in [0.29, 0.717) is 22.2 Å². The van der Waals surface area contributed by atoms with E-state index in [4.69, 9.17) is 31.5 Å². The van der Waals surface area contributed by atoms with Crippen molar-refractivity contribution in [3.8, 4) is 11.5 Å². The fraction of sp³-hybridized carbons (Fsp3) is 0.300. The quantitative estimate of drug-likeness (QED) is 0.596. The van der Waals surface area contributed by atoms with Gasteiger partial charge in [0.25, 0.3) is 11.7 Å². The molecule has 2 aromatic rings. The molecule has 146 valence electrons. The standard InChI is InChI=1S/C20H19ClN2O5/c21-12-3-5-14(15(22)9-12)19(25)26-11-18(24)23-13-4-6-16-17(10-13)28-20(27-16)7-1-2-8-20/h3-6,9-10H,1-2,7-8,11,22H2,(H,23,24). The lowest BCUT2D eigenvalue weighted by atomic mass is 10.2. The fourth-order valence-electron chi connectivity index (χ4n) is 3.41. The number of nitrogens with one attached hydrogen (secondary N) is 1. The Kier molecular flexibility index (Phi) is 4.77. The number of carbonyl (C=O) groups excluding carboxylic acids is 2. The van der Waals surface area contributed by atoms with E-state index in [-0.39, 0.29) is 11.3 Å². The van der Waals surface area contributed by atoms with Gasteiger partial charge in [-0.25, -0.2) is 4.79 Å². The molecule has 1 saturated carbocycles. The summed E-state index contributed by atoms with van der Waals surface area (Å²) in [6, 6.07) is 9.61. The molecule has 0 saturated heterocycles. The molecule has 1 fully saturated rings. The first-order valence-corrected chi connectivity index (χ1v) is 9.36. The molecule has 4 rings (SSSR count). The van der Waals surface area contributed by atoms with Gasteiger partial charge in [0.2, 0.25) is 0 Å². The van der Waals surface area contributed by atoms with Crippen molar-refractivity contribution in [2.24, 2.45) is 0 Å². The highest BCUT2D eigenvalue weighted by atomic mass is 35.5. The molecule has 1 amide bonds. The maximum absolute atomic E-state index is 12.1. The largest absolute Gasteiger partial charge is 0.452 e. The highest BCUT2D eigenvalue weighted by molar-refractivity contribution is 6.31. The summed E-state index contributed by atoms with van der Waals surface area (Å²) in [7, 11) is 0. The summed E-state index contributed by atoms with van der Waals surface area (Å²) in [5.41, 5.74) is 6.62. The summed E-state index contributed by atoms with van der Waals surface area (Å²) in [5, 5.41) is 3.09. The van der Waals surface area contributed by atoms with Crippen LogP contribution in [0.3, 0.4) is 0 Å². The van der Waals surface area contributed by atoms with Gasteiger partial charge >= 0.3 is 5.97 Å². The molecule has 0 bridgehead atoms. The van der Waals surface area contributed by atoms with Crippen LogP contribution in [-0.4, -0.2) is 24.3 Å². The number of hydrogen-bond donors (Lipinski definition) is 2. The van der Waals surface area contributed by atoms with E-state index in [2.05, 4.69) is 5.32 Å². The smallest absolute Gasteiger partial charge is 0.340 e. The van der Waals surface area contributed by atoms with Crippen LogP contribution >= 0.6 is 11.6 Å². The Bertz CT molecular complexity index is 940. The lowest BCUT2D eigenvalue weighted by molar-refractivity contribution is -0.119. The fourth-order valence-corrected chi connectivity index (χ4v) is 3.60. The van der Waals surface area contributed by atoms with Crippen molar-refractivity contribution in [2.75, 3.05) is 17.7 Å². The highest BCUT2D eigenvalue weighted by Gasteiger charge is 2.44. The van der Waals surface area contributed by atoms with E-state index in [0.717, 1.165) is 25.7 Å². The number of rotatable bonds is 4. The van der Waals surface area contributed by atoms with Crippen LogP contribution in [0.4, 0.5) is 11.4 Å². The molecule has 2 aromatic carbocycles. The summed E-state index contributed by atoms with van der Waals surface area (Å²) >= 11 is 5.80. The lowest BCUT2D eigenvalue weighted by Gasteiger charge is -2.21. The molecule has 0 aromatic heterocycles. The Morgan fingerprint density at radius 1 is 1.11 bits per heavy atom. The number of nitrogens with two attached hydrogens (primary N) is 1. The van der Waals surface area contributed by atoms with Crippen LogP contribution in [0.5, 0.6) is 11.5 Å². The van der Waals surface area contributed by atoms with Gasteiger partial charge in [-0.2, -0.15) is 0 Å². The van der Waals surface area contributed by atoms with Gasteiger partial charge in [0.15, 0.2) is 18.1 Å². The van der Waals surface area contributed by atoms with Gasteiger partial charge in [0.05, 0.1) is 5.56 Å². The van der Waals surface area contributed by atoms with E-state index in [1.165, 1.54) is 18.2 Å². The second-order valence-electron chi connectivity index (χ2n) is 6.84. The Hall–Kier alpha value is -2.93. The van der Waals surface area contributed by atoms with Gasteiger partial charge in [-0.05, 0) is 43.2 Å². The average molecular weight is 403 g/mol. The molecule has 1 aliphatic heterocycles. The van der Waals surface area contributed by atoms with Crippen molar-refractivity contribution < 1.29 is 23.8 Å². The minimum atomic E-state index is -0.696. The molecule has 0 unspecified atom stereocenters. The first kappa shape index (κ1) is 18.4. The number of benzene rings is 2. The zero-order chi connectivity index (χ0) is 19.7. The first-order chi connectivity index (χ1) is 13.4. The van der Waals surface area contributed by atoms with Crippen LogP contribution in [-0.2, 0) is 9.53 Å². The van der Waals surface area contributed by atoms with Crippen LogP contribution < -0.4 is 20.5 Å². The molecule has 1 spiro atoms. The monoisotopic (exact) mass is 402 g/mol. The first-order valence-electron chi connectivity index (χ1n) is 8.98. The van der Waals surface area contributed by atoms with Gasteiger partial charge in [0, 0.05) is 35.3 Å². The lowest BCUT2D eigenvalue weighted by Crippen LogP contribution is -2.34. The maximum atomic E-state index is 12.1. The van der Waals surface area contributed by atoms with Crippen LogP contribution in [0.15, 0.2) is 36.4 Å². The molecule has 0 radical (unpaired) electrons. The van der Waals surface area contributed by atoms with Crippen LogP contribution in [0.2, 0.25) is 5.02 Å². The van der Waals surface area contributed by atoms with Crippen LogP contribution in [0.1, 0.15) is 36.0 Å². The van der Waals surface area contributed by atoms with Crippen LogP contribution in [0, 0.1) is 0 Å². The summed E-state index contributed by atoms with van der Waals surface area (Å²) < 4.78 is 16.9. The minimum absolute atomic E-state index is 0.155. The highest BCUT2D eigenvalue weighted by Crippen LogP contribution is 2.47. The predicted molar refractivity (Wildman–Crippen MR) is 104 cm³/mol. The Labute approximate surface area is 166 Å². The molecule has 2 aliphatic rings. The van der Waals surface area contributed by atoms with Crippen molar-refractivity contribution in [2.45, 2.75) is 31.5 Å². The Balaban J connectivity index is 1.34. The normalized spacial score (nSPS) is 16.2. The number of halogens is 1. The predicted octanol–water partition coefficient (Wildman–Crippen LogP) is 3.76. The molecular formula is C20H19ClN2O5. The number of anilines is 2. The van der Waals surface area contributed by atoms with Gasteiger partial charge < -0.3 is 25.3 Å². The van der Waals surface area contributed by atoms with Gasteiger partial charge in [-0.1, -0.05) is 11.6 Å². The van der Waals surface area contributed by atoms with Crippen molar-refractivity contribution in [1.82, 2.24) is 0 Å². The maximum Gasteiger partial charge on any atom is 0.340 e. The molecule has 1 heterocycles. The number of carbonyl (C=O) groups is 2. The molecular weight excluding hydrogens is 384 g/mol. The van der Waals surface area contributed by atoms with Crippen molar-refractivity contribution in [3.63, 3.8) is 0 Å². The summed E-state index contributed by atoms with van der Waals surface area (Å²) in [6.45, 7) is -0.445. The zero-order valence-electron chi connectivity index (χ0n) is 15.0. The zero-order valence-corrected chi connectivity index (χ0v) is 15.8. The molecule has 7 nitrogen and oxygen atoms in total. The SMILES string of the molecule is Nc1cc(Cl)ccc1C(=O)OCC(=O)Nc1ccc2c(c1)OC1(CCCC1)O2. The molecule has 0 atom stereocenters. The third-order valence-corrected chi connectivity index (χ3v) is 4.99. The third kappa shape index (κ3) is 3.71. The number of nitrogen functional groups attached to an aromatic ring is 1. The van der Waals surface area contributed by atoms with Gasteiger partial charge in [0.1, 0.15) is 0 Å². The number of esters is 1. The number of fused-ring (bicyclic) bond motifs is 1. The summed E-state index contributed by atoms with van der Waals surface area (Å²) in [6.07, 6.45) is 3.85. The Morgan fingerprint density at radius 3 is 2.61 bits per heavy atom. The third-order valence-electron chi connectivity index (χ3n) is 4.75. The van der Waals surface area contributed by atoms with E-state index in [1.807, 2.05) is 0 Å². The van der Waals surface area contributed by atoms with Crippen molar-refractivity contribution >= 4 is 34.9 Å². The van der Waals surface area contributed by atoms with Gasteiger partial charge in [-0.15, -0.1) is 0 Å². The van der Waals surface area contributed by atoms with Crippen molar-refractivity contribution in [3.05, 3.63) is 47.0 Å². The minimum Gasteiger partial charge on any atom is -0.452 e. The topological polar surface area (TPSA) is 99.9 Å². The molecule has 1 aliphatic carbocycles. The second-order valence-corrected chi connectivity index (χ2v) is 7.28.